The van der Waals surface area contributed by atoms with Crippen LogP contribution in [0.5, 0.6) is 0 Å². The summed E-state index contributed by atoms with van der Waals surface area (Å²) in [5.41, 5.74) is 1.20. The van der Waals surface area contributed by atoms with Crippen LogP contribution in [0, 0.1) is 5.82 Å². The van der Waals surface area contributed by atoms with Crippen LogP contribution < -0.4 is 10.9 Å². The lowest BCUT2D eigenvalue weighted by atomic mass is 10.1. The molecule has 1 amide bonds. The SMILES string of the molecule is O=C1CS[C@@H](c2ccc[nH]c2=O)c2cnn(-c3ccccc3F)c2N1. The zero-order valence-corrected chi connectivity index (χ0v) is 13.7. The molecule has 2 aromatic heterocycles. The summed E-state index contributed by atoms with van der Waals surface area (Å²) in [7, 11) is 0. The van der Waals surface area contributed by atoms with Gasteiger partial charge in [0, 0.05) is 17.3 Å². The number of benzene rings is 1. The second-order valence-corrected chi connectivity index (χ2v) is 6.60. The summed E-state index contributed by atoms with van der Waals surface area (Å²) in [6.07, 6.45) is 3.12. The number of thioether (sulfide) groups is 1. The third-order valence-electron chi connectivity index (χ3n) is 3.93. The Kier molecular flexibility index (Phi) is 3.89. The average molecular weight is 356 g/mol. The van der Waals surface area contributed by atoms with Crippen LogP contribution in [0.15, 0.2) is 53.6 Å². The third kappa shape index (κ3) is 2.74. The maximum atomic E-state index is 14.2. The van der Waals surface area contributed by atoms with E-state index >= 15 is 0 Å². The van der Waals surface area contributed by atoms with Crippen LogP contribution in [-0.4, -0.2) is 26.4 Å². The topological polar surface area (TPSA) is 79.8 Å². The molecule has 4 rings (SSSR count). The van der Waals surface area contributed by atoms with Crippen molar-refractivity contribution in [1.29, 1.82) is 0 Å². The Balaban J connectivity index is 1.90. The smallest absolute Gasteiger partial charge is 0.252 e. The fourth-order valence-electron chi connectivity index (χ4n) is 2.80. The molecule has 0 fully saturated rings. The van der Waals surface area contributed by atoms with E-state index in [0.29, 0.717) is 16.9 Å². The van der Waals surface area contributed by atoms with Gasteiger partial charge in [-0.2, -0.15) is 5.10 Å². The van der Waals surface area contributed by atoms with Gasteiger partial charge in [0.15, 0.2) is 0 Å². The first-order chi connectivity index (χ1) is 12.1. The molecule has 1 atom stereocenters. The van der Waals surface area contributed by atoms with Crippen LogP contribution >= 0.6 is 11.8 Å². The fourth-order valence-corrected chi connectivity index (χ4v) is 3.91. The number of aromatic nitrogens is 3. The van der Waals surface area contributed by atoms with Gasteiger partial charge in [-0.1, -0.05) is 18.2 Å². The summed E-state index contributed by atoms with van der Waals surface area (Å²) >= 11 is 1.34. The summed E-state index contributed by atoms with van der Waals surface area (Å²) in [5, 5.41) is 6.65. The van der Waals surface area contributed by atoms with Crippen molar-refractivity contribution in [1.82, 2.24) is 14.8 Å². The number of amides is 1. The van der Waals surface area contributed by atoms with Gasteiger partial charge >= 0.3 is 0 Å². The molecular weight excluding hydrogens is 343 g/mol. The van der Waals surface area contributed by atoms with Crippen LogP contribution in [0.4, 0.5) is 10.2 Å². The van der Waals surface area contributed by atoms with Crippen molar-refractivity contribution in [3.05, 3.63) is 76.1 Å². The largest absolute Gasteiger partial charge is 0.329 e. The van der Waals surface area contributed by atoms with Crippen molar-refractivity contribution < 1.29 is 9.18 Å². The highest BCUT2D eigenvalue weighted by molar-refractivity contribution is 8.00. The number of aromatic amines is 1. The minimum atomic E-state index is -0.450. The number of rotatable bonds is 2. The second-order valence-electron chi connectivity index (χ2n) is 5.51. The number of nitrogens with zero attached hydrogens (tertiary/aromatic N) is 2. The van der Waals surface area contributed by atoms with E-state index in [-0.39, 0.29) is 28.2 Å². The molecule has 2 N–H and O–H groups in total. The van der Waals surface area contributed by atoms with Crippen LogP contribution in [0.25, 0.3) is 5.69 Å². The van der Waals surface area contributed by atoms with Gasteiger partial charge < -0.3 is 10.3 Å². The standard InChI is InChI=1S/C17H13FN4O2S/c18-12-5-1-2-6-13(12)22-16-11(8-20-22)15(25-9-14(23)21-16)10-4-3-7-19-17(10)24/h1-8,15H,9H2,(H,19,24)(H,21,23)/t15-/m0/s1. The highest BCUT2D eigenvalue weighted by Crippen LogP contribution is 2.40. The first kappa shape index (κ1) is 15.6. The van der Waals surface area contributed by atoms with Crippen LogP contribution in [0.3, 0.4) is 0 Å². The zero-order chi connectivity index (χ0) is 17.4. The number of hydrogen-bond acceptors (Lipinski definition) is 4. The van der Waals surface area contributed by atoms with Gasteiger partial charge in [-0.15, -0.1) is 11.8 Å². The molecule has 0 bridgehead atoms. The molecule has 0 saturated carbocycles. The first-order valence-electron chi connectivity index (χ1n) is 7.57. The molecule has 126 valence electrons. The third-order valence-corrected chi connectivity index (χ3v) is 5.20. The Morgan fingerprint density at radius 2 is 2.00 bits per heavy atom. The Morgan fingerprint density at radius 3 is 2.80 bits per heavy atom. The molecule has 1 aromatic carbocycles. The number of para-hydroxylation sites is 1. The monoisotopic (exact) mass is 356 g/mol. The zero-order valence-electron chi connectivity index (χ0n) is 12.9. The second kappa shape index (κ2) is 6.21. The molecule has 3 aromatic rings. The Hall–Kier alpha value is -2.87. The van der Waals surface area contributed by atoms with Gasteiger partial charge in [0.1, 0.15) is 17.3 Å². The molecule has 8 heteroatoms. The van der Waals surface area contributed by atoms with Gasteiger partial charge in [-0.05, 0) is 18.2 Å². The number of halogens is 1. The fraction of sp³-hybridized carbons (Fsp3) is 0.118. The van der Waals surface area contributed by atoms with E-state index in [1.807, 2.05) is 0 Å². The first-order valence-corrected chi connectivity index (χ1v) is 8.62. The number of hydrogen-bond donors (Lipinski definition) is 2. The Morgan fingerprint density at radius 1 is 1.16 bits per heavy atom. The summed E-state index contributed by atoms with van der Waals surface area (Å²) < 4.78 is 15.5. The number of anilines is 1. The number of pyridine rings is 1. The maximum absolute atomic E-state index is 14.2. The molecule has 0 saturated heterocycles. The van der Waals surface area contributed by atoms with Gasteiger partial charge in [-0.3, -0.25) is 9.59 Å². The summed E-state index contributed by atoms with van der Waals surface area (Å²) in [5.74, 6) is -0.105. The molecule has 0 aliphatic carbocycles. The van der Waals surface area contributed by atoms with Crippen molar-refractivity contribution in [3.63, 3.8) is 0 Å². The number of nitrogens with one attached hydrogen (secondary N) is 2. The van der Waals surface area contributed by atoms with E-state index in [1.54, 1.807) is 42.7 Å². The van der Waals surface area contributed by atoms with Gasteiger partial charge in [0.05, 0.1) is 17.2 Å². The molecule has 0 unspecified atom stereocenters. The van der Waals surface area contributed by atoms with Crippen molar-refractivity contribution in [2.24, 2.45) is 0 Å². The van der Waals surface area contributed by atoms with Gasteiger partial charge in [0.2, 0.25) is 5.91 Å². The van der Waals surface area contributed by atoms with Crippen LogP contribution in [-0.2, 0) is 4.79 Å². The Labute approximate surface area is 146 Å². The Bertz CT molecular complexity index is 1010. The van der Waals surface area contributed by atoms with E-state index in [4.69, 9.17) is 0 Å². The normalized spacial score (nSPS) is 16.8. The summed E-state index contributed by atoms with van der Waals surface area (Å²) in [4.78, 5) is 27.0. The summed E-state index contributed by atoms with van der Waals surface area (Å²) in [6, 6.07) is 9.64. The molecule has 1 aliphatic heterocycles. The quantitative estimate of drug-likeness (QED) is 0.739. The predicted octanol–water partition coefficient (Wildman–Crippen LogP) is 2.47. The molecule has 6 nitrogen and oxygen atoms in total. The lowest BCUT2D eigenvalue weighted by Gasteiger charge is -2.13. The van der Waals surface area contributed by atoms with Gasteiger partial charge in [0.25, 0.3) is 5.56 Å². The minimum absolute atomic E-state index is 0.185. The minimum Gasteiger partial charge on any atom is -0.329 e. The van der Waals surface area contributed by atoms with Crippen LogP contribution in [0.1, 0.15) is 16.4 Å². The lowest BCUT2D eigenvalue weighted by Crippen LogP contribution is -2.16. The molecule has 25 heavy (non-hydrogen) atoms. The predicted molar refractivity (Wildman–Crippen MR) is 93.5 cm³/mol. The number of fused-ring (bicyclic) bond motifs is 1. The summed E-state index contributed by atoms with van der Waals surface area (Å²) in [6.45, 7) is 0. The molecule has 3 heterocycles. The van der Waals surface area contributed by atoms with Crippen molar-refractivity contribution in [2.75, 3.05) is 11.1 Å². The van der Waals surface area contributed by atoms with E-state index in [2.05, 4.69) is 15.4 Å². The highest BCUT2D eigenvalue weighted by Gasteiger charge is 2.29. The van der Waals surface area contributed by atoms with Gasteiger partial charge in [-0.25, -0.2) is 9.07 Å². The number of carbonyl (C=O) groups is 1. The number of H-pyrrole nitrogens is 1. The van der Waals surface area contributed by atoms with E-state index in [0.717, 1.165) is 0 Å². The number of carbonyl (C=O) groups excluding carboxylic acids is 1. The molecule has 0 radical (unpaired) electrons. The van der Waals surface area contributed by atoms with Crippen molar-refractivity contribution in [3.8, 4) is 5.69 Å². The van der Waals surface area contributed by atoms with Crippen molar-refractivity contribution >= 4 is 23.5 Å². The van der Waals surface area contributed by atoms with E-state index in [9.17, 15) is 14.0 Å². The van der Waals surface area contributed by atoms with E-state index in [1.165, 1.54) is 22.5 Å². The molecule has 1 aliphatic rings. The highest BCUT2D eigenvalue weighted by atomic mass is 32.2. The van der Waals surface area contributed by atoms with E-state index < -0.39 is 5.82 Å². The van der Waals surface area contributed by atoms with Crippen LogP contribution in [0.2, 0.25) is 0 Å². The average Bonchev–Trinajstić information content (AvgIpc) is 2.92. The van der Waals surface area contributed by atoms with Crippen molar-refractivity contribution in [2.45, 2.75) is 5.25 Å². The lowest BCUT2D eigenvalue weighted by molar-refractivity contribution is -0.113. The molecular formula is C17H13FN4O2S. The molecule has 0 spiro atoms. The maximum Gasteiger partial charge on any atom is 0.252 e.